The van der Waals surface area contributed by atoms with E-state index >= 15 is 0 Å². The smallest absolute Gasteiger partial charge is 0.333 e. The quantitative estimate of drug-likeness (QED) is 0.139. The highest BCUT2D eigenvalue weighted by Gasteiger charge is 2.46. The molecule has 42 heavy (non-hydrogen) atoms. The van der Waals surface area contributed by atoms with Crippen LogP contribution >= 0.6 is 0 Å². The fraction of sp³-hybridized carbons (Fsp3) is 0.400. The van der Waals surface area contributed by atoms with Crippen molar-refractivity contribution in [2.24, 2.45) is 0 Å². The minimum atomic E-state index is -1.86. The molecular formula is C30H38O12. The first-order valence-electron chi connectivity index (χ1n) is 12.4. The molecule has 4 unspecified atom stereocenters. The van der Waals surface area contributed by atoms with Gasteiger partial charge in [0.25, 0.3) is 0 Å². The predicted octanol–water partition coefficient (Wildman–Crippen LogP) is 3.18. The summed E-state index contributed by atoms with van der Waals surface area (Å²) in [5.74, 6) is -5.90. The monoisotopic (exact) mass is 590 g/mol. The van der Waals surface area contributed by atoms with Gasteiger partial charge in [-0.25, -0.2) is 28.8 Å². The third kappa shape index (κ3) is 12.6. The summed E-state index contributed by atoms with van der Waals surface area (Å²) in [6, 6.07) is 0. The second-order valence-electron chi connectivity index (χ2n) is 9.51. The maximum atomic E-state index is 12.8. The van der Waals surface area contributed by atoms with E-state index in [4.69, 9.17) is 28.4 Å². The second-order valence-corrected chi connectivity index (χ2v) is 9.51. The van der Waals surface area contributed by atoms with Crippen LogP contribution in [0.25, 0.3) is 0 Å². The highest BCUT2D eigenvalue weighted by molar-refractivity contribution is 5.90. The van der Waals surface area contributed by atoms with Gasteiger partial charge in [0.05, 0.1) is 0 Å². The highest BCUT2D eigenvalue weighted by Crippen LogP contribution is 2.23. The van der Waals surface area contributed by atoms with Crippen molar-refractivity contribution in [2.45, 2.75) is 66.0 Å². The summed E-state index contributed by atoms with van der Waals surface area (Å²) in [6.45, 7) is 27.4. The molecule has 0 aliphatic rings. The van der Waals surface area contributed by atoms with Gasteiger partial charge in [-0.2, -0.15) is 0 Å². The van der Waals surface area contributed by atoms with Gasteiger partial charge < -0.3 is 28.4 Å². The van der Waals surface area contributed by atoms with Gasteiger partial charge in [-0.05, 0) is 41.5 Å². The summed E-state index contributed by atoms with van der Waals surface area (Å²) in [5, 5.41) is 0. The van der Waals surface area contributed by atoms with E-state index in [9.17, 15) is 28.8 Å². The number of hydrogen-bond donors (Lipinski definition) is 0. The van der Waals surface area contributed by atoms with Crippen molar-refractivity contribution < 1.29 is 57.2 Å². The molecule has 0 aliphatic carbocycles. The fourth-order valence-corrected chi connectivity index (χ4v) is 2.59. The molecule has 12 nitrogen and oxygen atoms in total. The first-order chi connectivity index (χ1) is 19.3. The summed E-state index contributed by atoms with van der Waals surface area (Å²) in [6.07, 6.45) is -7.12. The third-order valence-corrected chi connectivity index (χ3v) is 4.91. The Kier molecular flexibility index (Phi) is 15.2. The summed E-state index contributed by atoms with van der Waals surface area (Å²) >= 11 is 0. The number of hydrogen-bond acceptors (Lipinski definition) is 12. The van der Waals surface area contributed by atoms with Crippen molar-refractivity contribution in [3.63, 3.8) is 0 Å². The van der Waals surface area contributed by atoms with E-state index in [1.54, 1.807) is 0 Å². The van der Waals surface area contributed by atoms with Crippen LogP contribution in [-0.4, -0.2) is 73.4 Å². The van der Waals surface area contributed by atoms with Crippen LogP contribution in [0.2, 0.25) is 0 Å². The summed E-state index contributed by atoms with van der Waals surface area (Å²) < 4.78 is 32.2. The van der Waals surface area contributed by atoms with Gasteiger partial charge in [0.1, 0.15) is 13.2 Å². The van der Waals surface area contributed by atoms with Crippen LogP contribution in [-0.2, 0) is 57.2 Å². The summed E-state index contributed by atoms with van der Waals surface area (Å²) in [7, 11) is 0. The highest BCUT2D eigenvalue weighted by atomic mass is 16.6. The van der Waals surface area contributed by atoms with Crippen molar-refractivity contribution in [3.8, 4) is 0 Å². The molecule has 0 aromatic heterocycles. The zero-order valence-corrected chi connectivity index (χ0v) is 24.9. The van der Waals surface area contributed by atoms with Crippen molar-refractivity contribution in [1.82, 2.24) is 0 Å². The fourth-order valence-electron chi connectivity index (χ4n) is 2.59. The molecule has 0 aromatic carbocycles. The average Bonchev–Trinajstić information content (AvgIpc) is 2.89. The van der Waals surface area contributed by atoms with Gasteiger partial charge in [0, 0.05) is 33.4 Å². The molecule has 0 aliphatic heterocycles. The molecule has 0 radical (unpaired) electrons. The van der Waals surface area contributed by atoms with E-state index in [0.29, 0.717) is 0 Å². The lowest BCUT2D eigenvalue weighted by atomic mass is 10.0. The van der Waals surface area contributed by atoms with Gasteiger partial charge in [0.15, 0.2) is 24.4 Å². The lowest BCUT2D eigenvalue weighted by Crippen LogP contribution is -2.55. The van der Waals surface area contributed by atoms with Crippen LogP contribution in [0.5, 0.6) is 0 Å². The molecule has 0 saturated carbocycles. The molecule has 0 heterocycles. The van der Waals surface area contributed by atoms with Crippen molar-refractivity contribution in [1.29, 1.82) is 0 Å². The van der Waals surface area contributed by atoms with Gasteiger partial charge in [-0.15, -0.1) is 0 Å². The Hall–Kier alpha value is -4.74. The number of esters is 6. The molecule has 0 rings (SSSR count). The van der Waals surface area contributed by atoms with Crippen molar-refractivity contribution in [3.05, 3.63) is 72.9 Å². The molecule has 0 amide bonds. The molecule has 0 spiro atoms. The molecule has 4 atom stereocenters. The maximum absolute atomic E-state index is 12.8. The van der Waals surface area contributed by atoms with Crippen LogP contribution in [0.3, 0.4) is 0 Å². The normalized spacial score (nSPS) is 13.0. The molecule has 0 fully saturated rings. The SMILES string of the molecule is C=C(C)C(=O)OCC(OC(=O)C(=C)C)C(OC(=O)C(=C)C)C(OC(=O)C(=C)C)C(COC(=O)C(=C)C)OC(=O)C(=C)C. The molecular weight excluding hydrogens is 552 g/mol. The maximum Gasteiger partial charge on any atom is 0.333 e. The van der Waals surface area contributed by atoms with Gasteiger partial charge in [-0.3, -0.25) is 0 Å². The predicted molar refractivity (Wildman–Crippen MR) is 150 cm³/mol. The second kappa shape index (κ2) is 17.2. The zero-order chi connectivity index (χ0) is 32.9. The molecule has 0 saturated heterocycles. The Morgan fingerprint density at radius 1 is 0.405 bits per heavy atom. The lowest BCUT2D eigenvalue weighted by Gasteiger charge is -2.35. The molecule has 12 heteroatoms. The van der Waals surface area contributed by atoms with Gasteiger partial charge in [0.2, 0.25) is 0 Å². The first-order valence-corrected chi connectivity index (χ1v) is 12.4. The Balaban J connectivity index is 7.25. The van der Waals surface area contributed by atoms with Gasteiger partial charge in [-0.1, -0.05) is 39.5 Å². The van der Waals surface area contributed by atoms with E-state index in [1.165, 1.54) is 41.5 Å². The lowest BCUT2D eigenvalue weighted by molar-refractivity contribution is -0.204. The van der Waals surface area contributed by atoms with Gasteiger partial charge >= 0.3 is 35.8 Å². The largest absolute Gasteiger partial charge is 0.458 e. The molecule has 230 valence electrons. The van der Waals surface area contributed by atoms with Crippen LogP contribution < -0.4 is 0 Å². The minimum Gasteiger partial charge on any atom is -0.458 e. The van der Waals surface area contributed by atoms with E-state index in [1.807, 2.05) is 0 Å². The summed E-state index contributed by atoms with van der Waals surface area (Å²) in [5.41, 5.74) is -0.461. The Morgan fingerprint density at radius 2 is 0.619 bits per heavy atom. The van der Waals surface area contributed by atoms with E-state index in [0.717, 1.165) is 0 Å². The topological polar surface area (TPSA) is 158 Å². The van der Waals surface area contributed by atoms with Crippen LogP contribution in [0, 0.1) is 0 Å². The van der Waals surface area contributed by atoms with Crippen LogP contribution in [0.15, 0.2) is 72.9 Å². The molecule has 0 N–H and O–H groups in total. The van der Waals surface area contributed by atoms with E-state index in [-0.39, 0.29) is 33.4 Å². The van der Waals surface area contributed by atoms with E-state index < -0.39 is 73.4 Å². The molecule has 0 aromatic rings. The third-order valence-electron chi connectivity index (χ3n) is 4.91. The number of rotatable bonds is 17. The number of ether oxygens (including phenoxy) is 6. The summed E-state index contributed by atoms with van der Waals surface area (Å²) in [4.78, 5) is 75.2. The Morgan fingerprint density at radius 3 is 0.833 bits per heavy atom. The number of carbonyl (C=O) groups is 6. The van der Waals surface area contributed by atoms with Crippen molar-refractivity contribution in [2.75, 3.05) is 13.2 Å². The first kappa shape index (κ1) is 37.3. The zero-order valence-electron chi connectivity index (χ0n) is 24.9. The van der Waals surface area contributed by atoms with Crippen molar-refractivity contribution >= 4 is 35.8 Å². The van der Waals surface area contributed by atoms with E-state index in [2.05, 4.69) is 39.5 Å². The average molecular weight is 591 g/mol. The standard InChI is InChI=1S/C30H38O12/c1-15(2)25(31)37-13-21(39-27(33)17(5)6)23(41-29(35)19(9)10)24(42-30(36)20(11)12)22(40-28(34)18(7)8)14-38-26(32)16(3)4/h21-24H,1,3,5,7,9,11,13-14H2,2,4,6,8,10,12H3. The van der Waals surface area contributed by atoms with Crippen LogP contribution in [0.1, 0.15) is 41.5 Å². The Labute approximate surface area is 245 Å². The number of carbonyl (C=O) groups excluding carboxylic acids is 6. The Bertz CT molecular complexity index is 1100. The van der Waals surface area contributed by atoms with Crippen LogP contribution in [0.4, 0.5) is 0 Å². The molecule has 0 bridgehead atoms. The minimum absolute atomic E-state index is 0.0132.